The van der Waals surface area contributed by atoms with Crippen LogP contribution < -0.4 is 15.8 Å². The van der Waals surface area contributed by atoms with Crippen LogP contribution >= 0.6 is 23.2 Å². The maximum atomic E-state index is 11.7. The van der Waals surface area contributed by atoms with Gasteiger partial charge in [0.15, 0.2) is 0 Å². The molecule has 0 aliphatic heterocycles. The van der Waals surface area contributed by atoms with Crippen LogP contribution in [0.4, 0.5) is 18.9 Å². The van der Waals surface area contributed by atoms with Crippen molar-refractivity contribution in [1.29, 1.82) is 0 Å². The number of alkyl halides is 5. The molecule has 0 amide bonds. The number of nitrogens with one attached hydrogen (secondary N) is 1. The lowest BCUT2D eigenvalue weighted by atomic mass is 10.1. The molecular formula is C20H26Cl2F3N3O5. The first-order valence-corrected chi connectivity index (χ1v) is 10.8. The van der Waals surface area contributed by atoms with Gasteiger partial charge in [0.1, 0.15) is 4.33 Å². The number of rotatable bonds is 11. The Bertz CT molecular complexity index is 915. The monoisotopic (exact) mass is 515 g/mol. The number of methoxy groups -OCH3 is 1. The first-order chi connectivity index (χ1) is 15.4. The van der Waals surface area contributed by atoms with Crippen molar-refractivity contribution in [2.75, 3.05) is 19.0 Å². The van der Waals surface area contributed by atoms with Gasteiger partial charge in [-0.05, 0) is 37.1 Å². The third-order valence-corrected chi connectivity index (χ3v) is 5.03. The number of carboxylic acid groups (broad SMARTS) is 1. The number of benzene rings is 1. The summed E-state index contributed by atoms with van der Waals surface area (Å²) >= 11 is 12.8. The second-order valence-corrected chi connectivity index (χ2v) is 8.58. The molecule has 0 saturated heterocycles. The Hall–Kier alpha value is -2.40. The SMILES string of the molecule is CCCCCCC(Cl)(Cl)CCNc1ccc(-n2nc(OC)oc2=O)cc1.O=C(O)C(F)(F)F. The van der Waals surface area contributed by atoms with Gasteiger partial charge in [-0.25, -0.2) is 9.59 Å². The van der Waals surface area contributed by atoms with Crippen molar-refractivity contribution in [3.8, 4) is 11.8 Å². The molecule has 13 heteroatoms. The van der Waals surface area contributed by atoms with Gasteiger partial charge in [-0.1, -0.05) is 37.7 Å². The Morgan fingerprint density at radius 3 is 2.27 bits per heavy atom. The first kappa shape index (κ1) is 28.6. The zero-order valence-corrected chi connectivity index (χ0v) is 19.6. The van der Waals surface area contributed by atoms with Gasteiger partial charge in [-0.3, -0.25) is 0 Å². The Labute approximate surface area is 198 Å². The molecule has 8 nitrogen and oxygen atoms in total. The zero-order chi connectivity index (χ0) is 25.1. The van der Waals surface area contributed by atoms with Crippen molar-refractivity contribution in [3.63, 3.8) is 0 Å². The van der Waals surface area contributed by atoms with Gasteiger partial charge in [0.05, 0.1) is 12.8 Å². The summed E-state index contributed by atoms with van der Waals surface area (Å²) in [6, 6.07) is 7.25. The summed E-state index contributed by atoms with van der Waals surface area (Å²) in [5.41, 5.74) is 1.50. The molecule has 1 aromatic carbocycles. The van der Waals surface area contributed by atoms with Crippen LogP contribution in [0.1, 0.15) is 45.4 Å². The Morgan fingerprint density at radius 2 is 1.79 bits per heavy atom. The highest BCUT2D eigenvalue weighted by atomic mass is 35.5. The lowest BCUT2D eigenvalue weighted by Gasteiger charge is -2.20. The second kappa shape index (κ2) is 13.3. The fourth-order valence-corrected chi connectivity index (χ4v) is 3.01. The number of hydrogen-bond acceptors (Lipinski definition) is 6. The number of carbonyl (C=O) groups is 1. The molecule has 1 aromatic heterocycles. The number of aromatic nitrogens is 2. The van der Waals surface area contributed by atoms with Crippen molar-refractivity contribution in [2.24, 2.45) is 0 Å². The van der Waals surface area contributed by atoms with E-state index >= 15 is 0 Å². The van der Waals surface area contributed by atoms with E-state index in [9.17, 15) is 18.0 Å². The molecule has 0 fully saturated rings. The van der Waals surface area contributed by atoms with Crippen molar-refractivity contribution < 1.29 is 32.2 Å². The van der Waals surface area contributed by atoms with Crippen LogP contribution in [-0.4, -0.2) is 45.0 Å². The number of halogens is 5. The molecule has 33 heavy (non-hydrogen) atoms. The highest BCUT2D eigenvalue weighted by molar-refractivity contribution is 6.48. The normalized spacial score (nSPS) is 11.5. The number of nitrogens with zero attached hydrogens (tertiary/aromatic N) is 2. The number of hydrogen-bond donors (Lipinski definition) is 2. The topological polar surface area (TPSA) is 107 Å². The predicted octanol–water partition coefficient (Wildman–Crippen LogP) is 5.41. The standard InChI is InChI=1S/C18H25Cl2N3O3.C2HF3O2/c1-3-4-5-6-11-18(19,20)12-13-21-14-7-9-15(10-8-14)23-17(24)26-16(22-23)25-2;3-2(4,5)1(6)7/h7-10,21H,3-6,11-13H2,1-2H3;(H,6,7). The van der Waals surface area contributed by atoms with E-state index in [1.165, 1.54) is 26.4 Å². The molecule has 0 radical (unpaired) electrons. The van der Waals surface area contributed by atoms with Gasteiger partial charge in [0.2, 0.25) is 0 Å². The van der Waals surface area contributed by atoms with Crippen LogP contribution in [0.2, 0.25) is 0 Å². The van der Waals surface area contributed by atoms with E-state index in [1.807, 2.05) is 12.1 Å². The average Bonchev–Trinajstić information content (AvgIpc) is 3.12. The number of aliphatic carboxylic acids is 1. The lowest BCUT2D eigenvalue weighted by Crippen LogP contribution is -2.21. The van der Waals surface area contributed by atoms with E-state index in [0.717, 1.165) is 23.2 Å². The molecule has 0 aliphatic carbocycles. The van der Waals surface area contributed by atoms with E-state index in [4.69, 9.17) is 42.3 Å². The molecular weight excluding hydrogens is 490 g/mol. The fraction of sp³-hybridized carbons (Fsp3) is 0.550. The van der Waals surface area contributed by atoms with Gasteiger partial charge >= 0.3 is 24.0 Å². The Morgan fingerprint density at radius 1 is 1.18 bits per heavy atom. The highest BCUT2D eigenvalue weighted by Gasteiger charge is 2.38. The van der Waals surface area contributed by atoms with Gasteiger partial charge in [0.25, 0.3) is 0 Å². The highest BCUT2D eigenvalue weighted by Crippen LogP contribution is 2.31. The quantitative estimate of drug-likeness (QED) is 0.304. The van der Waals surface area contributed by atoms with Crippen LogP contribution in [0.25, 0.3) is 5.69 Å². The van der Waals surface area contributed by atoms with Gasteiger partial charge < -0.3 is 19.6 Å². The molecule has 0 spiro atoms. The number of unbranched alkanes of at least 4 members (excludes halogenated alkanes) is 3. The first-order valence-electron chi connectivity index (χ1n) is 10.1. The summed E-state index contributed by atoms with van der Waals surface area (Å²) < 4.78 is 41.8. The summed E-state index contributed by atoms with van der Waals surface area (Å²) in [7, 11) is 1.39. The molecule has 186 valence electrons. The van der Waals surface area contributed by atoms with E-state index in [2.05, 4.69) is 17.3 Å². The van der Waals surface area contributed by atoms with Gasteiger partial charge in [0, 0.05) is 12.2 Å². The Balaban J connectivity index is 0.000000675. The minimum absolute atomic E-state index is 0.0725. The summed E-state index contributed by atoms with van der Waals surface area (Å²) in [6.07, 6.45) is 0.927. The molecule has 0 aliphatic rings. The van der Waals surface area contributed by atoms with Crippen molar-refractivity contribution in [2.45, 2.75) is 56.0 Å². The van der Waals surface area contributed by atoms with E-state index in [-0.39, 0.29) is 6.08 Å². The molecule has 2 aromatic rings. The molecule has 2 rings (SSSR count). The number of ether oxygens (including phenoxy) is 1. The predicted molar refractivity (Wildman–Crippen MR) is 119 cm³/mol. The minimum atomic E-state index is -5.08. The summed E-state index contributed by atoms with van der Waals surface area (Å²) in [5.74, 6) is -3.35. The second-order valence-electron chi connectivity index (χ2n) is 6.94. The van der Waals surface area contributed by atoms with E-state index in [1.54, 1.807) is 12.1 Å². The van der Waals surface area contributed by atoms with Crippen molar-refractivity contribution in [3.05, 3.63) is 34.8 Å². The van der Waals surface area contributed by atoms with Crippen molar-refractivity contribution in [1.82, 2.24) is 9.78 Å². The van der Waals surface area contributed by atoms with Gasteiger partial charge in [-0.2, -0.15) is 17.9 Å². The molecule has 2 N–H and O–H groups in total. The summed E-state index contributed by atoms with van der Waals surface area (Å²) in [5, 5.41) is 14.3. The van der Waals surface area contributed by atoms with E-state index in [0.29, 0.717) is 18.7 Å². The van der Waals surface area contributed by atoms with Crippen LogP contribution in [0, 0.1) is 0 Å². The van der Waals surface area contributed by atoms with Crippen LogP contribution in [0.3, 0.4) is 0 Å². The number of carboxylic acids is 1. The van der Waals surface area contributed by atoms with Crippen LogP contribution in [0.5, 0.6) is 6.08 Å². The van der Waals surface area contributed by atoms with Crippen LogP contribution in [-0.2, 0) is 4.79 Å². The van der Waals surface area contributed by atoms with Crippen molar-refractivity contribution >= 4 is 34.9 Å². The van der Waals surface area contributed by atoms with E-state index < -0.39 is 22.2 Å². The maximum Gasteiger partial charge on any atom is 0.490 e. The van der Waals surface area contributed by atoms with Crippen LogP contribution in [0.15, 0.2) is 33.5 Å². The summed E-state index contributed by atoms with van der Waals surface area (Å²) in [4.78, 5) is 20.6. The average molecular weight is 516 g/mol. The zero-order valence-electron chi connectivity index (χ0n) is 18.1. The smallest absolute Gasteiger partial charge is 0.475 e. The largest absolute Gasteiger partial charge is 0.490 e. The number of anilines is 1. The minimum Gasteiger partial charge on any atom is -0.475 e. The molecule has 0 bridgehead atoms. The summed E-state index contributed by atoms with van der Waals surface area (Å²) in [6.45, 7) is 2.84. The third-order valence-electron chi connectivity index (χ3n) is 4.27. The molecule has 0 saturated carbocycles. The lowest BCUT2D eigenvalue weighted by molar-refractivity contribution is -0.192. The Kier molecular flexibility index (Phi) is 11.6. The molecule has 1 heterocycles. The van der Waals surface area contributed by atoms with Gasteiger partial charge in [-0.15, -0.1) is 23.2 Å². The fourth-order valence-electron chi connectivity index (χ4n) is 2.55. The molecule has 0 atom stereocenters. The third kappa shape index (κ3) is 10.8. The molecule has 0 unspecified atom stereocenters. The maximum absolute atomic E-state index is 11.7.